The number of hydrogen-bond acceptors (Lipinski definition) is 3. The first-order valence-electron chi connectivity index (χ1n) is 8.53. The normalized spacial score (nSPS) is 14.3. The average molecular weight is 370 g/mol. The lowest BCUT2D eigenvalue weighted by molar-refractivity contribution is 0.236. The Morgan fingerprint density at radius 2 is 1.92 bits per heavy atom. The minimum absolute atomic E-state index is 0.102. The van der Waals surface area contributed by atoms with Gasteiger partial charge in [-0.3, -0.25) is 14.7 Å². The third-order valence-corrected chi connectivity index (χ3v) is 4.97. The summed E-state index contributed by atoms with van der Waals surface area (Å²) in [7, 11) is 0. The van der Waals surface area contributed by atoms with Crippen molar-refractivity contribution in [3.63, 3.8) is 0 Å². The Morgan fingerprint density at radius 1 is 1.12 bits per heavy atom. The van der Waals surface area contributed by atoms with Gasteiger partial charge >= 0.3 is 0 Å². The Labute approximate surface area is 155 Å². The van der Waals surface area contributed by atoms with Crippen LogP contribution in [0.1, 0.15) is 22.5 Å². The van der Waals surface area contributed by atoms with Crippen LogP contribution in [-0.4, -0.2) is 26.0 Å². The Balaban J connectivity index is 1.50. The van der Waals surface area contributed by atoms with Gasteiger partial charge in [0.25, 0.3) is 5.56 Å². The first-order valence-corrected chi connectivity index (χ1v) is 8.94. The van der Waals surface area contributed by atoms with Gasteiger partial charge in [-0.25, -0.2) is 4.39 Å². The molecule has 0 bridgehead atoms. The van der Waals surface area contributed by atoms with E-state index in [1.54, 1.807) is 12.1 Å². The van der Waals surface area contributed by atoms with Gasteiger partial charge in [0.15, 0.2) is 4.77 Å². The molecular formula is C19H19FN4OS. The van der Waals surface area contributed by atoms with E-state index in [1.165, 1.54) is 12.1 Å². The number of rotatable bonds is 4. The van der Waals surface area contributed by atoms with Gasteiger partial charge in [-0.2, -0.15) is 0 Å². The SMILES string of the molecule is O=c1[nH]c(=S)[nH]c2c1CN(Cc1cccn1Cc1ccc(F)cc1)CC2. The second-order valence-corrected chi connectivity index (χ2v) is 6.99. The minimum atomic E-state index is -0.224. The molecular weight excluding hydrogens is 351 g/mol. The van der Waals surface area contributed by atoms with Gasteiger partial charge in [0.2, 0.25) is 0 Å². The van der Waals surface area contributed by atoms with Crippen LogP contribution in [0.2, 0.25) is 0 Å². The molecule has 0 atom stereocenters. The fourth-order valence-electron chi connectivity index (χ4n) is 3.41. The fourth-order valence-corrected chi connectivity index (χ4v) is 3.63. The number of H-pyrrole nitrogens is 2. The lowest BCUT2D eigenvalue weighted by Crippen LogP contribution is -2.35. The molecule has 2 N–H and O–H groups in total. The predicted molar refractivity (Wildman–Crippen MR) is 100.0 cm³/mol. The maximum Gasteiger partial charge on any atom is 0.256 e. The van der Waals surface area contributed by atoms with E-state index < -0.39 is 0 Å². The molecule has 0 radical (unpaired) electrons. The maximum absolute atomic E-state index is 13.1. The number of halogens is 1. The lowest BCUT2D eigenvalue weighted by atomic mass is 10.1. The van der Waals surface area contributed by atoms with Crippen molar-refractivity contribution in [3.8, 4) is 0 Å². The molecule has 134 valence electrons. The van der Waals surface area contributed by atoms with Crippen LogP contribution in [0.5, 0.6) is 0 Å². The van der Waals surface area contributed by atoms with E-state index in [9.17, 15) is 9.18 Å². The predicted octanol–water partition coefficient (Wildman–Crippen LogP) is 2.98. The van der Waals surface area contributed by atoms with Gasteiger partial charge in [0.1, 0.15) is 5.82 Å². The Morgan fingerprint density at radius 3 is 2.73 bits per heavy atom. The first-order chi connectivity index (χ1) is 12.6. The number of aromatic amines is 2. The van der Waals surface area contributed by atoms with Gasteiger partial charge in [-0.05, 0) is 42.0 Å². The quantitative estimate of drug-likeness (QED) is 0.694. The first kappa shape index (κ1) is 16.9. The van der Waals surface area contributed by atoms with Crippen LogP contribution in [-0.2, 0) is 26.1 Å². The summed E-state index contributed by atoms with van der Waals surface area (Å²) in [6.45, 7) is 2.91. The molecule has 26 heavy (non-hydrogen) atoms. The number of aromatic nitrogens is 3. The zero-order valence-corrected chi connectivity index (χ0v) is 15.0. The molecule has 5 nitrogen and oxygen atoms in total. The van der Waals surface area contributed by atoms with Gasteiger partial charge in [0.05, 0.1) is 5.56 Å². The van der Waals surface area contributed by atoms with E-state index in [1.807, 2.05) is 12.3 Å². The highest BCUT2D eigenvalue weighted by molar-refractivity contribution is 7.71. The molecule has 0 amide bonds. The topological polar surface area (TPSA) is 56.8 Å². The third kappa shape index (κ3) is 3.54. The Kier molecular flexibility index (Phi) is 4.57. The number of nitrogens with one attached hydrogen (secondary N) is 2. The van der Waals surface area contributed by atoms with Gasteiger partial charge in [0, 0.05) is 50.2 Å². The molecule has 0 saturated heterocycles. The van der Waals surface area contributed by atoms with Crippen LogP contribution in [0.4, 0.5) is 4.39 Å². The summed E-state index contributed by atoms with van der Waals surface area (Å²) >= 11 is 5.04. The fraction of sp³-hybridized carbons (Fsp3) is 0.263. The third-order valence-electron chi connectivity index (χ3n) is 4.76. The number of hydrogen-bond donors (Lipinski definition) is 2. The molecule has 1 aliphatic heterocycles. The van der Waals surface area contributed by atoms with E-state index in [0.29, 0.717) is 17.9 Å². The molecule has 0 aliphatic carbocycles. The van der Waals surface area contributed by atoms with E-state index in [0.717, 1.165) is 42.0 Å². The van der Waals surface area contributed by atoms with Crippen molar-refractivity contribution in [1.82, 2.24) is 19.4 Å². The lowest BCUT2D eigenvalue weighted by Gasteiger charge is -2.28. The summed E-state index contributed by atoms with van der Waals surface area (Å²) in [4.78, 5) is 20.2. The van der Waals surface area contributed by atoms with Crippen LogP contribution in [0, 0.1) is 10.6 Å². The summed E-state index contributed by atoms with van der Waals surface area (Å²) in [6, 6.07) is 10.7. The monoisotopic (exact) mass is 370 g/mol. The molecule has 3 heterocycles. The summed E-state index contributed by atoms with van der Waals surface area (Å²) in [5.41, 5.74) is 3.82. The van der Waals surface area contributed by atoms with Crippen molar-refractivity contribution in [2.24, 2.45) is 0 Å². The molecule has 4 rings (SSSR count). The molecule has 3 aromatic rings. The van der Waals surface area contributed by atoms with Crippen LogP contribution in [0.3, 0.4) is 0 Å². The molecule has 0 fully saturated rings. The minimum Gasteiger partial charge on any atom is -0.346 e. The van der Waals surface area contributed by atoms with Gasteiger partial charge in [-0.15, -0.1) is 0 Å². The summed E-state index contributed by atoms with van der Waals surface area (Å²) in [5.74, 6) is -0.224. The molecule has 1 aromatic carbocycles. The summed E-state index contributed by atoms with van der Waals surface area (Å²) in [6.07, 6.45) is 2.81. The van der Waals surface area contributed by atoms with Crippen LogP contribution >= 0.6 is 12.2 Å². The highest BCUT2D eigenvalue weighted by Crippen LogP contribution is 2.17. The summed E-state index contributed by atoms with van der Waals surface area (Å²) < 4.78 is 15.6. The van der Waals surface area contributed by atoms with Crippen molar-refractivity contribution in [2.75, 3.05) is 6.54 Å². The second kappa shape index (κ2) is 7.01. The van der Waals surface area contributed by atoms with Crippen molar-refractivity contribution < 1.29 is 4.39 Å². The van der Waals surface area contributed by atoms with Crippen molar-refractivity contribution in [1.29, 1.82) is 0 Å². The van der Waals surface area contributed by atoms with Gasteiger partial charge in [-0.1, -0.05) is 12.1 Å². The number of nitrogens with zero attached hydrogens (tertiary/aromatic N) is 2. The maximum atomic E-state index is 13.1. The Hall–Kier alpha value is -2.51. The number of fused-ring (bicyclic) bond motifs is 1. The average Bonchev–Trinajstić information content (AvgIpc) is 3.04. The molecule has 2 aromatic heterocycles. The van der Waals surface area contributed by atoms with Crippen LogP contribution in [0.25, 0.3) is 0 Å². The van der Waals surface area contributed by atoms with Crippen molar-refractivity contribution in [3.05, 3.63) is 86.1 Å². The van der Waals surface area contributed by atoms with Crippen molar-refractivity contribution in [2.45, 2.75) is 26.1 Å². The van der Waals surface area contributed by atoms with Gasteiger partial charge < -0.3 is 9.55 Å². The highest BCUT2D eigenvalue weighted by Gasteiger charge is 2.20. The zero-order valence-electron chi connectivity index (χ0n) is 14.2. The zero-order chi connectivity index (χ0) is 18.1. The molecule has 0 spiro atoms. The van der Waals surface area contributed by atoms with Crippen LogP contribution < -0.4 is 5.56 Å². The van der Waals surface area contributed by atoms with E-state index in [-0.39, 0.29) is 11.4 Å². The smallest absolute Gasteiger partial charge is 0.256 e. The van der Waals surface area contributed by atoms with Crippen molar-refractivity contribution >= 4 is 12.2 Å². The molecule has 0 saturated carbocycles. The standard InChI is InChI=1S/C19H19FN4OS/c20-14-5-3-13(4-6-14)10-24-8-1-2-15(24)11-23-9-7-17-16(12-23)18(25)22-19(26)21-17/h1-6,8H,7,9-12H2,(H2,21,22,25,26). The number of benzene rings is 1. The van der Waals surface area contributed by atoms with E-state index in [2.05, 4.69) is 25.5 Å². The largest absolute Gasteiger partial charge is 0.346 e. The molecule has 1 aliphatic rings. The molecule has 7 heteroatoms. The Bertz CT molecular complexity index is 1030. The van der Waals surface area contributed by atoms with E-state index in [4.69, 9.17) is 12.2 Å². The van der Waals surface area contributed by atoms with Crippen LogP contribution in [0.15, 0.2) is 47.4 Å². The summed E-state index contributed by atoms with van der Waals surface area (Å²) in [5, 5.41) is 0. The molecule has 0 unspecified atom stereocenters. The van der Waals surface area contributed by atoms with E-state index >= 15 is 0 Å². The second-order valence-electron chi connectivity index (χ2n) is 6.58. The highest BCUT2D eigenvalue weighted by atomic mass is 32.1.